The average molecular weight is 549 g/mol. The third kappa shape index (κ3) is 6.80. The van der Waals surface area contributed by atoms with Crippen LogP contribution in [-0.2, 0) is 25.5 Å². The molecule has 0 aliphatic carbocycles. The van der Waals surface area contributed by atoms with Gasteiger partial charge in [-0.15, -0.1) is 0 Å². The molecule has 2 N–H and O–H groups in total. The molecule has 0 saturated heterocycles. The molecule has 4 rings (SSSR count). The lowest BCUT2D eigenvalue weighted by molar-refractivity contribution is 0.316. The van der Waals surface area contributed by atoms with Crippen LogP contribution in [0, 0.1) is 6.92 Å². The number of benzene rings is 4. The number of rotatable bonds is 12. The van der Waals surface area contributed by atoms with Gasteiger partial charge in [0.2, 0.25) is 17.4 Å². The second-order valence-electron chi connectivity index (χ2n) is 9.03. The molecule has 0 aliphatic heterocycles. The number of sulfonamides is 1. The molecule has 0 bridgehead atoms. The predicted molar refractivity (Wildman–Crippen MR) is 154 cm³/mol. The van der Waals surface area contributed by atoms with E-state index in [-0.39, 0.29) is 17.9 Å². The van der Waals surface area contributed by atoms with Gasteiger partial charge in [0.25, 0.3) is 0 Å². The van der Waals surface area contributed by atoms with E-state index in [0.29, 0.717) is 0 Å². The molecule has 0 aromatic heterocycles. The number of anilines is 1. The fraction of sp³-hybridized carbons (Fsp3) is 0.200. The summed E-state index contributed by atoms with van der Waals surface area (Å²) in [5.41, 5.74) is 3.28. The van der Waals surface area contributed by atoms with E-state index < -0.39 is 29.0 Å². The molecule has 6 nitrogen and oxygen atoms in total. The molecule has 0 aliphatic rings. The third-order valence-corrected chi connectivity index (χ3v) is 10.9. The van der Waals surface area contributed by atoms with Gasteiger partial charge in [0, 0.05) is 5.69 Å². The maximum Gasteiger partial charge on any atom is 0.246 e. The summed E-state index contributed by atoms with van der Waals surface area (Å²) in [6.07, 6.45) is 0.184. The highest BCUT2D eigenvalue weighted by Crippen LogP contribution is 2.63. The number of para-hydroxylation sites is 1. The first kappa shape index (κ1) is 27.8. The highest BCUT2D eigenvalue weighted by atomic mass is 32.2. The van der Waals surface area contributed by atoms with Gasteiger partial charge in [0.15, 0.2) is 0 Å². The van der Waals surface area contributed by atoms with E-state index in [9.17, 15) is 8.42 Å². The lowest BCUT2D eigenvalue weighted by Crippen LogP contribution is -2.39. The number of hydrogen-bond donors (Lipinski definition) is 2. The van der Waals surface area contributed by atoms with Crippen molar-refractivity contribution in [3.8, 4) is 0 Å². The molecule has 0 fully saturated rings. The molecule has 0 radical (unpaired) electrons. The summed E-state index contributed by atoms with van der Waals surface area (Å²) in [5.74, 6) is -1.85. The first-order valence-corrected chi connectivity index (χ1v) is 15.8. The number of nitrogens with one attached hydrogen (secondary N) is 2. The van der Waals surface area contributed by atoms with E-state index >= 15 is 4.57 Å². The molecule has 4 aromatic rings. The Labute approximate surface area is 225 Å². The van der Waals surface area contributed by atoms with Crippen molar-refractivity contribution < 1.29 is 17.5 Å². The number of hydrogen-bond acceptors (Lipinski definition) is 5. The summed E-state index contributed by atoms with van der Waals surface area (Å²) >= 11 is 0. The minimum absolute atomic E-state index is 0.108. The second kappa shape index (κ2) is 12.5. The first-order chi connectivity index (χ1) is 18.3. The normalized spacial score (nSPS) is 14.8. The zero-order valence-corrected chi connectivity index (χ0v) is 23.2. The van der Waals surface area contributed by atoms with Crippen LogP contribution in [0.25, 0.3) is 0 Å². The summed E-state index contributed by atoms with van der Waals surface area (Å²) in [6, 6.07) is 34.8. The minimum atomic E-state index is -4.02. The largest absolute Gasteiger partial charge is 0.370 e. The second-order valence-corrected chi connectivity index (χ2v) is 13.4. The summed E-state index contributed by atoms with van der Waals surface area (Å²) in [4.78, 5) is 0.108. The molecule has 198 valence electrons. The molecule has 38 heavy (non-hydrogen) atoms. The minimum Gasteiger partial charge on any atom is -0.370 e. The Balaban J connectivity index is 1.83. The van der Waals surface area contributed by atoms with E-state index in [2.05, 4.69) is 10.0 Å². The predicted octanol–water partition coefficient (Wildman–Crippen LogP) is 6.97. The molecule has 0 spiro atoms. The smallest absolute Gasteiger partial charge is 0.246 e. The molecule has 4 aromatic carbocycles. The Kier molecular flexibility index (Phi) is 9.18. The quantitative estimate of drug-likeness (QED) is 0.187. The van der Waals surface area contributed by atoms with Crippen LogP contribution >= 0.6 is 7.37 Å². The summed E-state index contributed by atoms with van der Waals surface area (Å²) in [6.45, 7) is 3.81. The molecule has 0 heterocycles. The van der Waals surface area contributed by atoms with Gasteiger partial charge < -0.3 is 9.84 Å². The SMILES string of the molecule is CCOP(=O)([C@H](Cc1ccccc1)NS(=O)(=O)c1ccc(C)cc1)[C@H](Nc1ccccc1)c1ccccc1. The van der Waals surface area contributed by atoms with Crippen molar-refractivity contribution >= 4 is 23.1 Å². The van der Waals surface area contributed by atoms with Crippen molar-refractivity contribution in [2.24, 2.45) is 0 Å². The molecular weight excluding hydrogens is 515 g/mol. The van der Waals surface area contributed by atoms with Crippen molar-refractivity contribution in [1.29, 1.82) is 0 Å². The van der Waals surface area contributed by atoms with Crippen molar-refractivity contribution in [3.63, 3.8) is 0 Å². The van der Waals surface area contributed by atoms with Crippen LogP contribution in [0.2, 0.25) is 0 Å². The Hall–Kier alpha value is -3.22. The highest BCUT2D eigenvalue weighted by Gasteiger charge is 2.45. The van der Waals surface area contributed by atoms with Crippen molar-refractivity contribution in [2.45, 2.75) is 36.7 Å². The molecule has 3 atom stereocenters. The van der Waals surface area contributed by atoms with E-state index in [1.807, 2.05) is 97.9 Å². The van der Waals surface area contributed by atoms with Gasteiger partial charge in [-0.1, -0.05) is 96.6 Å². The zero-order chi connectivity index (χ0) is 27.0. The van der Waals surface area contributed by atoms with Crippen LogP contribution < -0.4 is 10.0 Å². The van der Waals surface area contributed by atoms with Gasteiger partial charge in [0.05, 0.1) is 11.5 Å². The van der Waals surface area contributed by atoms with Gasteiger partial charge in [-0.05, 0) is 55.7 Å². The summed E-state index contributed by atoms with van der Waals surface area (Å²) in [7, 11) is -7.84. The fourth-order valence-corrected chi connectivity index (χ4v) is 8.85. The number of aryl methyl sites for hydroxylation is 1. The van der Waals surface area contributed by atoms with Crippen molar-refractivity contribution in [2.75, 3.05) is 11.9 Å². The van der Waals surface area contributed by atoms with Gasteiger partial charge in [-0.2, -0.15) is 4.72 Å². The molecule has 0 amide bonds. The van der Waals surface area contributed by atoms with E-state index in [1.54, 1.807) is 31.2 Å². The van der Waals surface area contributed by atoms with Gasteiger partial charge in [0.1, 0.15) is 11.6 Å². The highest BCUT2D eigenvalue weighted by molar-refractivity contribution is 7.90. The van der Waals surface area contributed by atoms with E-state index in [4.69, 9.17) is 4.52 Å². The lowest BCUT2D eigenvalue weighted by Gasteiger charge is -2.35. The van der Waals surface area contributed by atoms with Crippen LogP contribution in [-0.4, -0.2) is 20.8 Å². The Morgan fingerprint density at radius 1 is 0.789 bits per heavy atom. The monoisotopic (exact) mass is 548 g/mol. The fourth-order valence-electron chi connectivity index (χ4n) is 4.30. The molecular formula is C30H33N2O4PS. The Morgan fingerprint density at radius 2 is 1.34 bits per heavy atom. The van der Waals surface area contributed by atoms with Crippen LogP contribution in [0.5, 0.6) is 0 Å². The maximum atomic E-state index is 15.2. The first-order valence-electron chi connectivity index (χ1n) is 12.6. The standard InChI is InChI=1S/C30H33N2O4PS/c1-3-36-37(33,30(26-15-9-5-10-16-26)31-27-17-11-6-12-18-27)29(23-25-13-7-4-8-14-25)32-38(34,35)28-21-19-24(2)20-22-28/h4-22,29-32H,3,23H2,1-2H3/t29-,30+,37?/m1/s1. The van der Waals surface area contributed by atoms with Crippen molar-refractivity contribution in [3.05, 3.63) is 132 Å². The Morgan fingerprint density at radius 3 is 1.92 bits per heavy atom. The van der Waals surface area contributed by atoms with Crippen LogP contribution in [0.4, 0.5) is 5.69 Å². The van der Waals surface area contributed by atoms with Crippen LogP contribution in [0.15, 0.2) is 120 Å². The topological polar surface area (TPSA) is 84.5 Å². The van der Waals surface area contributed by atoms with Gasteiger partial charge in [-0.3, -0.25) is 4.57 Å². The average Bonchev–Trinajstić information content (AvgIpc) is 2.93. The summed E-state index contributed by atoms with van der Waals surface area (Å²) < 4.78 is 51.3. The van der Waals surface area contributed by atoms with Gasteiger partial charge in [-0.25, -0.2) is 8.42 Å². The summed E-state index contributed by atoms with van der Waals surface area (Å²) in [5, 5.41) is 3.40. The van der Waals surface area contributed by atoms with E-state index in [0.717, 1.165) is 22.4 Å². The van der Waals surface area contributed by atoms with Gasteiger partial charge >= 0.3 is 0 Å². The van der Waals surface area contributed by atoms with Crippen LogP contribution in [0.1, 0.15) is 29.4 Å². The van der Waals surface area contributed by atoms with E-state index in [1.165, 1.54) is 0 Å². The third-order valence-electron chi connectivity index (χ3n) is 6.21. The maximum absolute atomic E-state index is 15.2. The van der Waals surface area contributed by atoms with Crippen molar-refractivity contribution in [1.82, 2.24) is 4.72 Å². The van der Waals surface area contributed by atoms with Crippen LogP contribution in [0.3, 0.4) is 0 Å². The molecule has 8 heteroatoms. The molecule has 1 unspecified atom stereocenters. The zero-order valence-electron chi connectivity index (χ0n) is 21.5. The molecule has 0 saturated carbocycles. The lowest BCUT2D eigenvalue weighted by atomic mass is 10.1. The Bertz CT molecular complexity index is 1450.